The SMILES string of the molecule is CCNc1cc(C(=O)N(C)C2CCC2)c(Cl)cn1. The predicted octanol–water partition coefficient (Wildman–Crippen LogP) is 2.79. The number of halogens is 1. The molecule has 1 amide bonds. The van der Waals surface area contributed by atoms with Crippen LogP contribution in [-0.4, -0.2) is 35.4 Å². The molecule has 0 spiro atoms. The maximum Gasteiger partial charge on any atom is 0.255 e. The number of aromatic nitrogens is 1. The van der Waals surface area contributed by atoms with Crippen molar-refractivity contribution in [2.45, 2.75) is 32.2 Å². The topological polar surface area (TPSA) is 45.2 Å². The van der Waals surface area contributed by atoms with E-state index in [4.69, 9.17) is 11.6 Å². The van der Waals surface area contributed by atoms with Crippen molar-refractivity contribution in [1.29, 1.82) is 0 Å². The molecular formula is C13H18ClN3O. The van der Waals surface area contributed by atoms with Crippen LogP contribution >= 0.6 is 11.6 Å². The first-order valence-electron chi connectivity index (χ1n) is 6.30. The van der Waals surface area contributed by atoms with E-state index in [-0.39, 0.29) is 5.91 Å². The number of amides is 1. The lowest BCUT2D eigenvalue weighted by atomic mass is 9.91. The maximum absolute atomic E-state index is 12.3. The van der Waals surface area contributed by atoms with Crippen molar-refractivity contribution >= 4 is 23.3 Å². The lowest BCUT2D eigenvalue weighted by Gasteiger charge is -2.34. The highest BCUT2D eigenvalue weighted by atomic mass is 35.5. The monoisotopic (exact) mass is 267 g/mol. The van der Waals surface area contributed by atoms with Crippen molar-refractivity contribution in [3.05, 3.63) is 22.8 Å². The molecule has 1 aromatic rings. The van der Waals surface area contributed by atoms with Crippen LogP contribution in [0, 0.1) is 0 Å². The number of rotatable bonds is 4. The van der Waals surface area contributed by atoms with Crippen LogP contribution in [0.3, 0.4) is 0 Å². The van der Waals surface area contributed by atoms with Crippen molar-refractivity contribution < 1.29 is 4.79 Å². The van der Waals surface area contributed by atoms with E-state index in [1.165, 1.54) is 12.6 Å². The summed E-state index contributed by atoms with van der Waals surface area (Å²) in [4.78, 5) is 18.3. The van der Waals surface area contributed by atoms with Gasteiger partial charge < -0.3 is 10.2 Å². The smallest absolute Gasteiger partial charge is 0.255 e. The van der Waals surface area contributed by atoms with Gasteiger partial charge in [-0.25, -0.2) is 4.98 Å². The Bertz CT molecular complexity index is 446. The first-order chi connectivity index (χ1) is 8.63. The quantitative estimate of drug-likeness (QED) is 0.912. The van der Waals surface area contributed by atoms with Crippen LogP contribution in [-0.2, 0) is 0 Å². The van der Waals surface area contributed by atoms with Gasteiger partial charge in [0.15, 0.2) is 0 Å². The summed E-state index contributed by atoms with van der Waals surface area (Å²) in [6.07, 6.45) is 4.91. The summed E-state index contributed by atoms with van der Waals surface area (Å²) in [5, 5.41) is 3.50. The first kappa shape index (κ1) is 13.1. The fourth-order valence-corrected chi connectivity index (χ4v) is 2.19. The third-order valence-electron chi connectivity index (χ3n) is 3.39. The van der Waals surface area contributed by atoms with Crippen molar-refractivity contribution in [1.82, 2.24) is 9.88 Å². The van der Waals surface area contributed by atoms with E-state index in [2.05, 4.69) is 10.3 Å². The van der Waals surface area contributed by atoms with Gasteiger partial charge in [0, 0.05) is 25.8 Å². The number of pyridine rings is 1. The Balaban J connectivity index is 2.19. The van der Waals surface area contributed by atoms with Crippen molar-refractivity contribution in [3.8, 4) is 0 Å². The summed E-state index contributed by atoms with van der Waals surface area (Å²) in [5.74, 6) is 0.665. The molecule has 1 saturated carbocycles. The summed E-state index contributed by atoms with van der Waals surface area (Å²) in [6.45, 7) is 2.75. The van der Waals surface area contributed by atoms with Crippen molar-refractivity contribution in [2.24, 2.45) is 0 Å². The lowest BCUT2D eigenvalue weighted by molar-refractivity contribution is 0.0652. The van der Waals surface area contributed by atoms with Gasteiger partial charge in [0.05, 0.1) is 10.6 Å². The molecule has 1 heterocycles. The van der Waals surface area contributed by atoms with Crippen molar-refractivity contribution in [3.63, 3.8) is 0 Å². The fraction of sp³-hybridized carbons (Fsp3) is 0.538. The number of hydrogen-bond acceptors (Lipinski definition) is 3. The molecule has 0 aliphatic heterocycles. The van der Waals surface area contributed by atoms with Gasteiger partial charge in [-0.1, -0.05) is 11.6 Å². The van der Waals surface area contributed by atoms with Gasteiger partial charge >= 0.3 is 0 Å². The van der Waals surface area contributed by atoms with E-state index < -0.39 is 0 Å². The Kier molecular flexibility index (Phi) is 4.07. The maximum atomic E-state index is 12.3. The standard InChI is InChI=1S/C13H18ClN3O/c1-3-15-12-7-10(11(14)8-16-12)13(18)17(2)9-5-4-6-9/h7-9H,3-6H2,1-2H3,(H,15,16). The van der Waals surface area contributed by atoms with Gasteiger partial charge in [-0.2, -0.15) is 0 Å². The number of hydrogen-bond donors (Lipinski definition) is 1. The van der Waals surface area contributed by atoms with Crippen LogP contribution in [0.15, 0.2) is 12.3 Å². The molecule has 0 bridgehead atoms. The lowest BCUT2D eigenvalue weighted by Crippen LogP contribution is -2.41. The second kappa shape index (κ2) is 5.57. The molecule has 5 heteroatoms. The van der Waals surface area contributed by atoms with E-state index in [1.807, 2.05) is 14.0 Å². The zero-order valence-electron chi connectivity index (χ0n) is 10.7. The van der Waals surface area contributed by atoms with Gasteiger partial charge in [-0.3, -0.25) is 4.79 Å². The Morgan fingerprint density at radius 3 is 2.89 bits per heavy atom. The molecule has 0 saturated heterocycles. The normalized spacial score (nSPS) is 15.1. The minimum Gasteiger partial charge on any atom is -0.370 e. The Hall–Kier alpha value is -1.29. The largest absolute Gasteiger partial charge is 0.370 e. The average Bonchev–Trinajstić information content (AvgIpc) is 2.29. The number of anilines is 1. The highest BCUT2D eigenvalue weighted by molar-refractivity contribution is 6.33. The van der Waals surface area contributed by atoms with Crippen LogP contribution in [0.5, 0.6) is 0 Å². The van der Waals surface area contributed by atoms with E-state index in [0.29, 0.717) is 22.4 Å². The van der Waals surface area contributed by atoms with Crippen LogP contribution in [0.2, 0.25) is 5.02 Å². The Labute approximate surface area is 112 Å². The first-order valence-corrected chi connectivity index (χ1v) is 6.68. The minimum absolute atomic E-state index is 0.0220. The molecule has 2 rings (SSSR count). The third kappa shape index (κ3) is 2.58. The van der Waals surface area contributed by atoms with Crippen LogP contribution in [0.25, 0.3) is 0 Å². The van der Waals surface area contributed by atoms with Gasteiger partial charge in [0.1, 0.15) is 5.82 Å². The molecule has 1 fully saturated rings. The molecular weight excluding hydrogens is 250 g/mol. The molecule has 98 valence electrons. The molecule has 0 radical (unpaired) electrons. The average molecular weight is 268 g/mol. The zero-order chi connectivity index (χ0) is 13.1. The number of nitrogens with zero attached hydrogens (tertiary/aromatic N) is 2. The summed E-state index contributed by atoms with van der Waals surface area (Å²) < 4.78 is 0. The molecule has 4 nitrogen and oxygen atoms in total. The molecule has 1 aliphatic carbocycles. The van der Waals surface area contributed by atoms with Gasteiger partial charge in [-0.15, -0.1) is 0 Å². The highest BCUT2D eigenvalue weighted by Gasteiger charge is 2.27. The second-order valence-corrected chi connectivity index (χ2v) is 4.99. The van der Waals surface area contributed by atoms with E-state index in [0.717, 1.165) is 19.4 Å². The summed E-state index contributed by atoms with van der Waals surface area (Å²) >= 11 is 6.06. The van der Waals surface area contributed by atoms with Crippen LogP contribution < -0.4 is 5.32 Å². The summed E-state index contributed by atoms with van der Waals surface area (Å²) in [7, 11) is 1.84. The van der Waals surface area contributed by atoms with E-state index in [1.54, 1.807) is 11.0 Å². The number of nitrogens with one attached hydrogen (secondary N) is 1. The van der Waals surface area contributed by atoms with Gasteiger partial charge in [0.25, 0.3) is 5.91 Å². The van der Waals surface area contributed by atoms with Crippen molar-refractivity contribution in [2.75, 3.05) is 18.9 Å². The van der Waals surface area contributed by atoms with Crippen LogP contribution in [0.1, 0.15) is 36.5 Å². The minimum atomic E-state index is -0.0220. The second-order valence-electron chi connectivity index (χ2n) is 4.58. The molecule has 0 aromatic carbocycles. The summed E-state index contributed by atoms with van der Waals surface area (Å²) in [5.41, 5.74) is 0.525. The third-order valence-corrected chi connectivity index (χ3v) is 3.69. The molecule has 18 heavy (non-hydrogen) atoms. The van der Waals surface area contributed by atoms with E-state index >= 15 is 0 Å². The highest BCUT2D eigenvalue weighted by Crippen LogP contribution is 2.27. The number of carbonyl (C=O) groups is 1. The molecule has 1 aliphatic rings. The fourth-order valence-electron chi connectivity index (χ4n) is 2.01. The molecule has 1 N–H and O–H groups in total. The Morgan fingerprint density at radius 1 is 1.61 bits per heavy atom. The van der Waals surface area contributed by atoms with Gasteiger partial charge in [0.2, 0.25) is 0 Å². The van der Waals surface area contributed by atoms with E-state index in [9.17, 15) is 4.79 Å². The molecule has 0 atom stereocenters. The Morgan fingerprint density at radius 2 is 2.33 bits per heavy atom. The summed E-state index contributed by atoms with van der Waals surface area (Å²) in [6, 6.07) is 2.09. The molecule has 0 unspecified atom stereocenters. The zero-order valence-corrected chi connectivity index (χ0v) is 11.5. The van der Waals surface area contributed by atoms with Gasteiger partial charge in [-0.05, 0) is 32.3 Å². The molecule has 1 aromatic heterocycles. The van der Waals surface area contributed by atoms with Crippen LogP contribution in [0.4, 0.5) is 5.82 Å². The predicted molar refractivity (Wildman–Crippen MR) is 73.1 cm³/mol. The number of carbonyl (C=O) groups excluding carboxylic acids is 1.